The highest BCUT2D eigenvalue weighted by Gasteiger charge is 2.25. The molecule has 1 amide bonds. The van der Waals surface area contributed by atoms with Crippen LogP contribution in [0.3, 0.4) is 0 Å². The molecule has 0 fully saturated rings. The van der Waals surface area contributed by atoms with E-state index in [-0.39, 0.29) is 0 Å². The summed E-state index contributed by atoms with van der Waals surface area (Å²) in [6.45, 7) is 0. The molecule has 8 heteroatoms. The maximum absolute atomic E-state index is 12.4. The third-order valence-corrected chi connectivity index (χ3v) is 4.51. The van der Waals surface area contributed by atoms with Gasteiger partial charge in [-0.25, -0.2) is 0 Å². The summed E-state index contributed by atoms with van der Waals surface area (Å²) < 4.78 is 21.3. The van der Waals surface area contributed by atoms with Crippen molar-refractivity contribution in [3.63, 3.8) is 0 Å². The number of carbonyl (C=O) groups excluding carboxylic acids is 1. The highest BCUT2D eigenvalue weighted by molar-refractivity contribution is 5.94. The number of nitrogens with two attached hydrogens (primary N) is 1. The minimum absolute atomic E-state index is 0.497. The summed E-state index contributed by atoms with van der Waals surface area (Å²) in [5.74, 6) is 0.783. The maximum atomic E-state index is 12.4. The van der Waals surface area contributed by atoms with Gasteiger partial charge in [0.2, 0.25) is 5.91 Å². The average molecular weight is 383 g/mol. The first-order chi connectivity index (χ1) is 13.5. The lowest BCUT2D eigenvalue weighted by molar-refractivity contribution is -0.118. The minimum atomic E-state index is -0.768. The van der Waals surface area contributed by atoms with Gasteiger partial charge in [-0.15, -0.1) is 0 Å². The second kappa shape index (κ2) is 7.99. The van der Waals surface area contributed by atoms with E-state index in [0.717, 1.165) is 0 Å². The fraction of sp³-hybridized carbons (Fsp3) is 0.250. The largest absolute Gasteiger partial charge is 0.493 e. The molecule has 1 heterocycles. The topological polar surface area (TPSA) is 106 Å². The van der Waals surface area contributed by atoms with E-state index in [9.17, 15) is 4.79 Å². The van der Waals surface area contributed by atoms with Crippen molar-refractivity contribution in [2.75, 3.05) is 28.4 Å². The van der Waals surface area contributed by atoms with Crippen LogP contribution in [0.5, 0.6) is 23.0 Å². The Morgan fingerprint density at radius 1 is 0.893 bits per heavy atom. The van der Waals surface area contributed by atoms with Gasteiger partial charge in [0.15, 0.2) is 23.0 Å². The van der Waals surface area contributed by atoms with Crippen LogP contribution in [0.2, 0.25) is 0 Å². The van der Waals surface area contributed by atoms with Crippen LogP contribution in [-0.2, 0) is 4.79 Å². The molecule has 0 radical (unpaired) electrons. The highest BCUT2D eigenvalue weighted by Crippen LogP contribution is 2.38. The summed E-state index contributed by atoms with van der Waals surface area (Å²) in [5, 5.41) is 8.87. The van der Waals surface area contributed by atoms with Crippen molar-refractivity contribution in [1.29, 1.82) is 0 Å². The van der Waals surface area contributed by atoms with Gasteiger partial charge in [0.25, 0.3) is 0 Å². The number of primary amides is 1. The Morgan fingerprint density at radius 3 is 2.11 bits per heavy atom. The summed E-state index contributed by atoms with van der Waals surface area (Å²) >= 11 is 0. The Kier molecular flexibility index (Phi) is 5.49. The first kappa shape index (κ1) is 19.2. The monoisotopic (exact) mass is 383 g/mol. The van der Waals surface area contributed by atoms with Gasteiger partial charge in [0.1, 0.15) is 0 Å². The third-order valence-electron chi connectivity index (χ3n) is 4.51. The van der Waals surface area contributed by atoms with Crippen molar-refractivity contribution in [3.05, 3.63) is 47.7 Å². The van der Waals surface area contributed by atoms with Crippen molar-refractivity contribution in [2.24, 2.45) is 5.73 Å². The first-order valence-corrected chi connectivity index (χ1v) is 8.42. The van der Waals surface area contributed by atoms with Crippen LogP contribution in [0.4, 0.5) is 0 Å². The van der Waals surface area contributed by atoms with Crippen LogP contribution in [0, 0.1) is 0 Å². The molecular formula is C20H21N3O5. The molecule has 0 aliphatic rings. The fourth-order valence-electron chi connectivity index (χ4n) is 3.16. The van der Waals surface area contributed by atoms with Crippen molar-refractivity contribution in [2.45, 2.75) is 5.92 Å². The quantitative estimate of drug-likeness (QED) is 0.667. The van der Waals surface area contributed by atoms with Gasteiger partial charge in [0.05, 0.1) is 46.1 Å². The predicted octanol–water partition coefficient (Wildman–Crippen LogP) is 2.28. The summed E-state index contributed by atoms with van der Waals surface area (Å²) in [6.07, 6.45) is 1.53. The second-order valence-electron chi connectivity index (χ2n) is 5.97. The van der Waals surface area contributed by atoms with Crippen LogP contribution in [0.15, 0.2) is 36.5 Å². The Balaban J connectivity index is 2.23. The number of hydrogen-bond acceptors (Lipinski definition) is 7. The lowest BCUT2D eigenvalue weighted by Gasteiger charge is -2.18. The molecule has 146 valence electrons. The van der Waals surface area contributed by atoms with Crippen LogP contribution >= 0.6 is 0 Å². The minimum Gasteiger partial charge on any atom is -0.493 e. The van der Waals surface area contributed by atoms with Crippen LogP contribution in [0.25, 0.3) is 10.9 Å². The second-order valence-corrected chi connectivity index (χ2v) is 5.97. The molecule has 0 bridgehead atoms. The molecule has 1 aromatic heterocycles. The number of ether oxygens (including phenoxy) is 4. The molecule has 0 aliphatic carbocycles. The smallest absolute Gasteiger partial charge is 0.229 e. The van der Waals surface area contributed by atoms with Gasteiger partial charge in [-0.05, 0) is 29.3 Å². The van der Waals surface area contributed by atoms with Crippen LogP contribution in [0.1, 0.15) is 17.0 Å². The number of nitrogens with zero attached hydrogens (tertiary/aromatic N) is 2. The van der Waals surface area contributed by atoms with Gasteiger partial charge in [-0.3, -0.25) is 4.79 Å². The normalized spacial score (nSPS) is 11.7. The first-order valence-electron chi connectivity index (χ1n) is 8.42. The van der Waals surface area contributed by atoms with Gasteiger partial charge in [-0.1, -0.05) is 6.07 Å². The predicted molar refractivity (Wildman–Crippen MR) is 103 cm³/mol. The zero-order valence-electron chi connectivity index (χ0n) is 16.1. The fourth-order valence-corrected chi connectivity index (χ4v) is 3.16. The number of rotatable bonds is 7. The number of methoxy groups -OCH3 is 4. The number of amides is 1. The molecule has 8 nitrogen and oxygen atoms in total. The van der Waals surface area contributed by atoms with E-state index in [0.29, 0.717) is 45.0 Å². The molecule has 0 saturated carbocycles. The van der Waals surface area contributed by atoms with Crippen molar-refractivity contribution in [3.8, 4) is 23.0 Å². The molecule has 3 rings (SSSR count). The lowest BCUT2D eigenvalue weighted by Crippen LogP contribution is -2.23. The van der Waals surface area contributed by atoms with Gasteiger partial charge in [0, 0.05) is 11.5 Å². The van der Waals surface area contributed by atoms with E-state index in [1.54, 1.807) is 37.4 Å². The van der Waals surface area contributed by atoms with Crippen molar-refractivity contribution < 1.29 is 23.7 Å². The van der Waals surface area contributed by atoms with E-state index in [4.69, 9.17) is 24.7 Å². The summed E-state index contributed by atoms with van der Waals surface area (Å²) in [6, 6.07) is 8.68. The molecule has 1 atom stereocenters. The summed E-state index contributed by atoms with van der Waals surface area (Å²) in [7, 11) is 6.15. The van der Waals surface area contributed by atoms with E-state index in [2.05, 4.69) is 10.2 Å². The van der Waals surface area contributed by atoms with Crippen LogP contribution in [-0.4, -0.2) is 44.5 Å². The molecule has 28 heavy (non-hydrogen) atoms. The summed E-state index contributed by atoms with van der Waals surface area (Å²) in [4.78, 5) is 12.4. The molecule has 0 saturated heterocycles. The van der Waals surface area contributed by atoms with Crippen LogP contribution < -0.4 is 24.7 Å². The third kappa shape index (κ3) is 3.36. The van der Waals surface area contributed by atoms with E-state index in [1.165, 1.54) is 27.5 Å². The molecule has 2 aromatic carbocycles. The number of aromatic nitrogens is 2. The Labute approximate surface area is 162 Å². The van der Waals surface area contributed by atoms with E-state index in [1.807, 2.05) is 0 Å². The van der Waals surface area contributed by atoms with Crippen molar-refractivity contribution in [1.82, 2.24) is 10.2 Å². The van der Waals surface area contributed by atoms with Gasteiger partial charge < -0.3 is 24.7 Å². The van der Waals surface area contributed by atoms with Crippen molar-refractivity contribution >= 4 is 16.8 Å². The standard InChI is InChI=1S/C20H21N3O5/c1-25-15-6-5-11(7-16(15)26-2)19(20(21)24)13-10-22-23-14-9-18(28-4)17(27-3)8-12(13)14/h5-10,19H,1-4H3,(H2,21,24)/t19-/m1/s1. The van der Waals surface area contributed by atoms with Gasteiger partial charge in [-0.2, -0.15) is 10.2 Å². The molecule has 0 aliphatic heterocycles. The molecular weight excluding hydrogens is 362 g/mol. The Morgan fingerprint density at radius 2 is 1.50 bits per heavy atom. The SMILES string of the molecule is COc1ccc([C@@H](C(N)=O)c2cnnc3cc(OC)c(OC)cc23)cc1OC. The number of fused-ring (bicyclic) bond motifs is 1. The molecule has 0 spiro atoms. The Hall–Kier alpha value is -3.55. The molecule has 0 unspecified atom stereocenters. The average Bonchev–Trinajstić information content (AvgIpc) is 2.72. The number of carbonyl (C=O) groups is 1. The van der Waals surface area contributed by atoms with E-state index < -0.39 is 11.8 Å². The summed E-state index contributed by atoms with van der Waals surface area (Å²) in [5.41, 5.74) is 7.57. The number of benzene rings is 2. The van der Waals surface area contributed by atoms with Gasteiger partial charge >= 0.3 is 0 Å². The number of hydrogen-bond donors (Lipinski definition) is 1. The molecule has 2 N–H and O–H groups in total. The zero-order chi connectivity index (χ0) is 20.3. The van der Waals surface area contributed by atoms with E-state index >= 15 is 0 Å². The lowest BCUT2D eigenvalue weighted by atomic mass is 9.89. The Bertz CT molecular complexity index is 1020. The maximum Gasteiger partial charge on any atom is 0.229 e. The zero-order valence-corrected chi connectivity index (χ0v) is 16.1. The highest BCUT2D eigenvalue weighted by atomic mass is 16.5. The molecule has 3 aromatic rings.